The summed E-state index contributed by atoms with van der Waals surface area (Å²) in [4.78, 5) is 14.3. The van der Waals surface area contributed by atoms with E-state index in [1.165, 1.54) is 25.0 Å². The highest BCUT2D eigenvalue weighted by Gasteiger charge is 2.37. The number of benzene rings is 1. The molecule has 3 rings (SSSR count). The second kappa shape index (κ2) is 5.45. The van der Waals surface area contributed by atoms with Gasteiger partial charge in [0.05, 0.1) is 5.02 Å². The van der Waals surface area contributed by atoms with Crippen LogP contribution in [-0.4, -0.2) is 31.8 Å². The van der Waals surface area contributed by atoms with Crippen LogP contribution in [0.3, 0.4) is 0 Å². The summed E-state index contributed by atoms with van der Waals surface area (Å²) >= 11 is 5.85. The fourth-order valence-corrected chi connectivity index (χ4v) is 3.84. The van der Waals surface area contributed by atoms with Crippen LogP contribution in [0.4, 0.5) is 0 Å². The van der Waals surface area contributed by atoms with Gasteiger partial charge in [0.2, 0.25) is 0 Å². The van der Waals surface area contributed by atoms with Crippen molar-refractivity contribution in [1.29, 1.82) is 0 Å². The van der Waals surface area contributed by atoms with Crippen LogP contribution in [0.2, 0.25) is 5.02 Å². The lowest BCUT2D eigenvalue weighted by atomic mass is 10.2. The molecule has 114 valence electrons. The summed E-state index contributed by atoms with van der Waals surface area (Å²) in [5.74, 6) is 0.459. The molecule has 7 heteroatoms. The minimum absolute atomic E-state index is 0.0294. The van der Waals surface area contributed by atoms with Gasteiger partial charge in [-0.3, -0.25) is 4.79 Å². The number of nitrogens with zero attached hydrogens (tertiary/aromatic N) is 1. The molecular weight excluding hydrogens is 333 g/mol. The second-order valence-corrected chi connectivity index (χ2v) is 8.66. The van der Waals surface area contributed by atoms with Crippen molar-refractivity contribution in [2.75, 3.05) is 6.54 Å². The zero-order valence-electron chi connectivity index (χ0n) is 11.3. The number of hydrogen-bond donors (Lipinski definition) is 0. The molecule has 0 unspecified atom stereocenters. The molecule has 21 heavy (non-hydrogen) atoms. The quantitative estimate of drug-likeness (QED) is 0.768. The number of carbonyl (C=O) groups excluding carboxylic acids is 1. The molecule has 0 radical (unpaired) electrons. The van der Waals surface area contributed by atoms with E-state index in [9.17, 15) is 13.2 Å². The van der Waals surface area contributed by atoms with Gasteiger partial charge in [-0.2, -0.15) is 0 Å². The molecule has 2 fully saturated rings. The summed E-state index contributed by atoms with van der Waals surface area (Å²) in [5, 5.41) is 0.0294. The lowest BCUT2D eigenvalue weighted by molar-refractivity contribution is 0.0734. The summed E-state index contributed by atoms with van der Waals surface area (Å²) in [6.07, 6.45) is 4.37. The predicted molar refractivity (Wildman–Crippen MR) is 81.3 cm³/mol. The topological polar surface area (TPSA) is 54.5 Å². The Bertz CT molecular complexity index is 681. The van der Waals surface area contributed by atoms with Crippen LogP contribution in [-0.2, 0) is 9.05 Å². The maximum Gasteiger partial charge on any atom is 0.262 e. The normalized spacial score (nSPS) is 18.6. The summed E-state index contributed by atoms with van der Waals surface area (Å²) < 4.78 is 23.0. The lowest BCUT2D eigenvalue weighted by Gasteiger charge is -2.22. The first kappa shape index (κ1) is 15.1. The first-order chi connectivity index (χ1) is 9.86. The van der Waals surface area contributed by atoms with Crippen LogP contribution in [0.15, 0.2) is 23.1 Å². The summed E-state index contributed by atoms with van der Waals surface area (Å²) in [6, 6.07) is 4.53. The Morgan fingerprint density at radius 3 is 2.43 bits per heavy atom. The third kappa shape index (κ3) is 3.52. The van der Waals surface area contributed by atoms with E-state index in [2.05, 4.69) is 0 Å². The van der Waals surface area contributed by atoms with Gasteiger partial charge in [-0.05, 0) is 49.8 Å². The Labute approximate surface area is 133 Å². The van der Waals surface area contributed by atoms with Crippen LogP contribution < -0.4 is 0 Å². The smallest absolute Gasteiger partial charge is 0.262 e. The number of amides is 1. The largest absolute Gasteiger partial charge is 0.335 e. The van der Waals surface area contributed by atoms with E-state index in [0.29, 0.717) is 17.5 Å². The van der Waals surface area contributed by atoms with Gasteiger partial charge in [-0.25, -0.2) is 8.42 Å². The summed E-state index contributed by atoms with van der Waals surface area (Å²) in [6.45, 7) is 0.759. The van der Waals surface area contributed by atoms with E-state index >= 15 is 0 Å². The van der Waals surface area contributed by atoms with Gasteiger partial charge in [0, 0.05) is 28.8 Å². The number of carbonyl (C=O) groups is 1. The lowest BCUT2D eigenvalue weighted by Crippen LogP contribution is -2.35. The van der Waals surface area contributed by atoms with Crippen molar-refractivity contribution in [3.05, 3.63) is 28.8 Å². The van der Waals surface area contributed by atoms with Crippen LogP contribution in [0.5, 0.6) is 0 Å². The van der Waals surface area contributed by atoms with Crippen molar-refractivity contribution in [3.63, 3.8) is 0 Å². The highest BCUT2D eigenvalue weighted by Crippen LogP contribution is 2.36. The van der Waals surface area contributed by atoms with E-state index in [1.54, 1.807) is 6.07 Å². The molecule has 2 saturated carbocycles. The first-order valence-corrected chi connectivity index (χ1v) is 9.60. The van der Waals surface area contributed by atoms with Crippen LogP contribution in [0.25, 0.3) is 0 Å². The molecule has 0 N–H and O–H groups in total. The molecule has 0 spiro atoms. The number of hydrogen-bond acceptors (Lipinski definition) is 3. The SMILES string of the molecule is O=C(c1ccc(Cl)c(S(=O)(=O)Cl)c1)N(CC1CC1)C1CC1. The zero-order valence-corrected chi connectivity index (χ0v) is 13.6. The average Bonchev–Trinajstić information content (AvgIpc) is 3.26. The molecule has 0 bridgehead atoms. The van der Waals surface area contributed by atoms with Gasteiger partial charge in [0.1, 0.15) is 4.90 Å². The Morgan fingerprint density at radius 2 is 1.90 bits per heavy atom. The van der Waals surface area contributed by atoms with Crippen molar-refractivity contribution >= 4 is 37.2 Å². The van der Waals surface area contributed by atoms with E-state index in [-0.39, 0.29) is 15.8 Å². The van der Waals surface area contributed by atoms with Crippen LogP contribution in [0, 0.1) is 5.92 Å². The molecule has 1 amide bonds. The zero-order chi connectivity index (χ0) is 15.2. The number of halogens is 2. The molecule has 2 aliphatic carbocycles. The molecular formula is C14H15Cl2NO3S. The minimum Gasteiger partial charge on any atom is -0.335 e. The Hall–Kier alpha value is -0.780. The van der Waals surface area contributed by atoms with E-state index in [0.717, 1.165) is 19.4 Å². The Kier molecular flexibility index (Phi) is 3.93. The molecule has 2 aliphatic rings. The van der Waals surface area contributed by atoms with Crippen molar-refractivity contribution in [3.8, 4) is 0 Å². The van der Waals surface area contributed by atoms with Crippen LogP contribution in [0.1, 0.15) is 36.0 Å². The monoisotopic (exact) mass is 347 g/mol. The molecule has 1 aromatic rings. The van der Waals surface area contributed by atoms with Crippen molar-refractivity contribution in [2.24, 2.45) is 5.92 Å². The minimum atomic E-state index is -3.96. The van der Waals surface area contributed by atoms with Gasteiger partial charge in [-0.1, -0.05) is 11.6 Å². The van der Waals surface area contributed by atoms with E-state index in [1.807, 2.05) is 4.90 Å². The maximum atomic E-state index is 12.6. The molecule has 0 aromatic heterocycles. The highest BCUT2D eigenvalue weighted by molar-refractivity contribution is 8.13. The third-order valence-corrected chi connectivity index (χ3v) is 5.64. The van der Waals surface area contributed by atoms with Crippen molar-refractivity contribution in [2.45, 2.75) is 36.6 Å². The van der Waals surface area contributed by atoms with Gasteiger partial charge in [0.15, 0.2) is 0 Å². The molecule has 4 nitrogen and oxygen atoms in total. The molecule has 0 aliphatic heterocycles. The molecule has 1 aromatic carbocycles. The Balaban J connectivity index is 1.89. The predicted octanol–water partition coefficient (Wildman–Crippen LogP) is 3.28. The van der Waals surface area contributed by atoms with Crippen molar-refractivity contribution < 1.29 is 13.2 Å². The standard InChI is InChI=1S/C14H15Cl2NO3S/c15-12-6-3-10(7-13(12)21(16,19)20)14(18)17(11-4-5-11)8-9-1-2-9/h3,6-7,9,11H,1-2,4-5,8H2. The molecule has 0 saturated heterocycles. The Morgan fingerprint density at radius 1 is 1.24 bits per heavy atom. The van der Waals surface area contributed by atoms with Crippen molar-refractivity contribution in [1.82, 2.24) is 4.90 Å². The van der Waals surface area contributed by atoms with E-state index in [4.69, 9.17) is 22.3 Å². The fraction of sp³-hybridized carbons (Fsp3) is 0.500. The van der Waals surface area contributed by atoms with E-state index < -0.39 is 9.05 Å². The van der Waals surface area contributed by atoms with Gasteiger partial charge < -0.3 is 4.90 Å². The number of rotatable bonds is 5. The third-order valence-electron chi connectivity index (χ3n) is 3.84. The van der Waals surface area contributed by atoms with Gasteiger partial charge in [0.25, 0.3) is 15.0 Å². The van der Waals surface area contributed by atoms with Gasteiger partial charge in [-0.15, -0.1) is 0 Å². The summed E-state index contributed by atoms with van der Waals surface area (Å²) in [7, 11) is 1.39. The second-order valence-electron chi connectivity index (χ2n) is 5.72. The molecule has 0 heterocycles. The average molecular weight is 348 g/mol. The fourth-order valence-electron chi connectivity index (χ4n) is 2.35. The molecule has 0 atom stereocenters. The summed E-state index contributed by atoms with van der Waals surface area (Å²) in [5.41, 5.74) is 0.325. The first-order valence-electron chi connectivity index (χ1n) is 6.91. The van der Waals surface area contributed by atoms with Crippen LogP contribution >= 0.6 is 22.3 Å². The maximum absolute atomic E-state index is 12.6. The van der Waals surface area contributed by atoms with Gasteiger partial charge >= 0.3 is 0 Å². The highest BCUT2D eigenvalue weighted by atomic mass is 35.7.